The van der Waals surface area contributed by atoms with Gasteiger partial charge in [-0.05, 0) is 25.0 Å². The number of benzene rings is 1. The number of aromatic hydroxyl groups is 1. The molecule has 3 rings (SSSR count). The van der Waals surface area contributed by atoms with Gasteiger partial charge in [0.15, 0.2) is 11.6 Å². The molecule has 19 heavy (non-hydrogen) atoms. The predicted molar refractivity (Wildman–Crippen MR) is 70.4 cm³/mol. The van der Waals surface area contributed by atoms with Gasteiger partial charge in [-0.1, -0.05) is 11.6 Å². The van der Waals surface area contributed by atoms with Gasteiger partial charge in [0.05, 0.1) is 0 Å². The van der Waals surface area contributed by atoms with Gasteiger partial charge in [0.1, 0.15) is 16.8 Å². The highest BCUT2D eigenvalue weighted by Gasteiger charge is 2.27. The minimum absolute atomic E-state index is 0.360. The van der Waals surface area contributed by atoms with Crippen molar-refractivity contribution in [1.82, 2.24) is 9.97 Å². The highest BCUT2D eigenvalue weighted by Crippen LogP contribution is 2.39. The second kappa shape index (κ2) is 4.66. The van der Waals surface area contributed by atoms with Crippen LogP contribution in [0.25, 0.3) is 0 Å². The molecule has 6 heteroatoms. The Kier molecular flexibility index (Phi) is 2.98. The lowest BCUT2D eigenvalue weighted by molar-refractivity contribution is 0.432. The number of phenols is 1. The van der Waals surface area contributed by atoms with Crippen molar-refractivity contribution < 1.29 is 9.50 Å². The maximum Gasteiger partial charge on any atom is 0.166 e. The molecule has 1 aliphatic carbocycles. The number of phenolic OH excluding ortho intramolecular Hbond substituents is 1. The zero-order valence-corrected chi connectivity index (χ0v) is 10.7. The Balaban J connectivity index is 1.87. The first kappa shape index (κ1) is 12.2. The van der Waals surface area contributed by atoms with Gasteiger partial charge in [-0.2, -0.15) is 0 Å². The van der Waals surface area contributed by atoms with Crippen LogP contribution in [0, 0.1) is 5.82 Å². The van der Waals surface area contributed by atoms with Crippen LogP contribution in [0.2, 0.25) is 5.15 Å². The summed E-state index contributed by atoms with van der Waals surface area (Å²) in [5.41, 5.74) is 0.492. The molecule has 0 radical (unpaired) electrons. The molecule has 1 saturated carbocycles. The van der Waals surface area contributed by atoms with Crippen LogP contribution in [0.1, 0.15) is 24.6 Å². The van der Waals surface area contributed by atoms with E-state index in [1.54, 1.807) is 12.1 Å². The first-order chi connectivity index (χ1) is 9.11. The summed E-state index contributed by atoms with van der Waals surface area (Å²) in [5, 5.41) is 12.4. The van der Waals surface area contributed by atoms with Crippen LogP contribution in [0.15, 0.2) is 24.3 Å². The molecule has 2 N–H and O–H groups in total. The average Bonchev–Trinajstić information content (AvgIpc) is 3.17. The molecule has 0 spiro atoms. The quantitative estimate of drug-likeness (QED) is 0.666. The van der Waals surface area contributed by atoms with Gasteiger partial charge in [0.25, 0.3) is 0 Å². The number of rotatable bonds is 3. The number of hydrogen-bond acceptors (Lipinski definition) is 4. The Morgan fingerprint density at radius 3 is 2.74 bits per heavy atom. The predicted octanol–water partition coefficient (Wildman–Crippen LogP) is 3.60. The summed E-state index contributed by atoms with van der Waals surface area (Å²) in [6.45, 7) is 0. The van der Waals surface area contributed by atoms with Crippen LogP contribution in [0.4, 0.5) is 15.9 Å². The smallest absolute Gasteiger partial charge is 0.166 e. The van der Waals surface area contributed by atoms with Crippen molar-refractivity contribution in [2.45, 2.75) is 18.8 Å². The van der Waals surface area contributed by atoms with Crippen LogP contribution in [0.5, 0.6) is 5.75 Å². The summed E-state index contributed by atoms with van der Waals surface area (Å²) in [7, 11) is 0. The van der Waals surface area contributed by atoms with Crippen LogP contribution >= 0.6 is 11.6 Å². The molecular weight excluding hydrogens is 269 g/mol. The molecule has 1 aliphatic rings. The van der Waals surface area contributed by atoms with Gasteiger partial charge in [-0.15, -0.1) is 0 Å². The molecule has 0 saturated heterocycles. The lowest BCUT2D eigenvalue weighted by Gasteiger charge is -2.08. The molecular formula is C13H11ClFN3O. The van der Waals surface area contributed by atoms with E-state index in [0.29, 0.717) is 28.4 Å². The molecule has 1 fully saturated rings. The summed E-state index contributed by atoms with van der Waals surface area (Å²) >= 11 is 5.94. The highest BCUT2D eigenvalue weighted by atomic mass is 35.5. The first-order valence-corrected chi connectivity index (χ1v) is 6.29. The number of nitrogens with zero attached hydrogens (tertiary/aromatic N) is 2. The third-order valence-corrected chi connectivity index (χ3v) is 3.07. The van der Waals surface area contributed by atoms with Gasteiger partial charge in [0.2, 0.25) is 0 Å². The molecule has 1 heterocycles. The van der Waals surface area contributed by atoms with Gasteiger partial charge in [0, 0.05) is 23.7 Å². The second-order valence-electron chi connectivity index (χ2n) is 4.50. The van der Waals surface area contributed by atoms with Crippen LogP contribution in [-0.2, 0) is 0 Å². The maximum absolute atomic E-state index is 13.2. The number of nitrogens with one attached hydrogen (secondary N) is 1. The van der Waals surface area contributed by atoms with Crippen LogP contribution in [-0.4, -0.2) is 15.1 Å². The Morgan fingerprint density at radius 2 is 2.05 bits per heavy atom. The Bertz CT molecular complexity index is 631. The lowest BCUT2D eigenvalue weighted by Crippen LogP contribution is -1.99. The minimum atomic E-state index is -0.687. The molecule has 0 unspecified atom stereocenters. The van der Waals surface area contributed by atoms with E-state index in [4.69, 9.17) is 16.7 Å². The normalized spacial score (nSPS) is 14.4. The largest absolute Gasteiger partial charge is 0.505 e. The molecule has 2 aromatic rings. The molecule has 1 aromatic heterocycles. The molecule has 4 nitrogen and oxygen atoms in total. The summed E-state index contributed by atoms with van der Waals surface area (Å²) in [6, 6.07) is 5.62. The van der Waals surface area contributed by atoms with Crippen LogP contribution in [0.3, 0.4) is 0 Å². The van der Waals surface area contributed by atoms with E-state index in [-0.39, 0.29) is 5.75 Å². The molecule has 0 atom stereocenters. The fraction of sp³-hybridized carbons (Fsp3) is 0.231. The van der Waals surface area contributed by atoms with E-state index in [9.17, 15) is 4.39 Å². The summed E-state index contributed by atoms with van der Waals surface area (Å²) < 4.78 is 13.2. The lowest BCUT2D eigenvalue weighted by atomic mass is 10.3. The molecule has 0 amide bonds. The van der Waals surface area contributed by atoms with E-state index in [1.807, 2.05) is 0 Å². The van der Waals surface area contributed by atoms with E-state index in [0.717, 1.165) is 12.8 Å². The topological polar surface area (TPSA) is 58.0 Å². The van der Waals surface area contributed by atoms with Crippen molar-refractivity contribution in [2.24, 2.45) is 0 Å². The Labute approximate surface area is 114 Å². The fourth-order valence-electron chi connectivity index (χ4n) is 1.76. The van der Waals surface area contributed by atoms with Crippen molar-refractivity contribution in [2.75, 3.05) is 5.32 Å². The zero-order valence-electron chi connectivity index (χ0n) is 9.90. The second-order valence-corrected chi connectivity index (χ2v) is 4.89. The molecule has 98 valence electrons. The third-order valence-electron chi connectivity index (χ3n) is 2.87. The third kappa shape index (κ3) is 2.76. The zero-order chi connectivity index (χ0) is 13.4. The van der Waals surface area contributed by atoms with Crippen molar-refractivity contribution in [3.05, 3.63) is 41.1 Å². The molecule has 0 aliphatic heterocycles. The number of halogens is 2. The standard InChI is InChI=1S/C13H11ClFN3O/c14-11-6-12(18-13(17-11)7-1-2-7)16-8-3-4-10(19)9(15)5-8/h3-7,19H,1-2H2,(H,16,17,18). The van der Waals surface area contributed by atoms with E-state index >= 15 is 0 Å². The monoisotopic (exact) mass is 279 g/mol. The minimum Gasteiger partial charge on any atom is -0.505 e. The van der Waals surface area contributed by atoms with Gasteiger partial charge < -0.3 is 10.4 Å². The summed E-state index contributed by atoms with van der Waals surface area (Å²) in [4.78, 5) is 8.52. The molecule has 0 bridgehead atoms. The number of hydrogen-bond donors (Lipinski definition) is 2. The highest BCUT2D eigenvalue weighted by molar-refractivity contribution is 6.29. The van der Waals surface area contributed by atoms with Crippen molar-refractivity contribution >= 4 is 23.1 Å². The number of aromatic nitrogens is 2. The van der Waals surface area contributed by atoms with Gasteiger partial charge in [-0.3, -0.25) is 0 Å². The fourth-order valence-corrected chi connectivity index (χ4v) is 1.95. The van der Waals surface area contributed by atoms with Crippen LogP contribution < -0.4 is 5.32 Å². The van der Waals surface area contributed by atoms with Gasteiger partial charge in [-0.25, -0.2) is 14.4 Å². The van der Waals surface area contributed by atoms with Gasteiger partial charge >= 0.3 is 0 Å². The Hall–Kier alpha value is -1.88. The van der Waals surface area contributed by atoms with E-state index in [2.05, 4.69) is 15.3 Å². The SMILES string of the molecule is Oc1ccc(Nc2cc(Cl)nc(C3CC3)n2)cc1F. The van der Waals surface area contributed by atoms with Crippen molar-refractivity contribution in [3.8, 4) is 5.75 Å². The molecule has 1 aromatic carbocycles. The Morgan fingerprint density at radius 1 is 1.26 bits per heavy atom. The van der Waals surface area contributed by atoms with E-state index in [1.165, 1.54) is 12.1 Å². The summed E-state index contributed by atoms with van der Waals surface area (Å²) in [6.07, 6.45) is 2.15. The first-order valence-electron chi connectivity index (χ1n) is 5.92. The maximum atomic E-state index is 13.2. The van der Waals surface area contributed by atoms with E-state index < -0.39 is 5.82 Å². The van der Waals surface area contributed by atoms with Crippen molar-refractivity contribution in [3.63, 3.8) is 0 Å². The van der Waals surface area contributed by atoms with Crippen molar-refractivity contribution in [1.29, 1.82) is 0 Å². The average molecular weight is 280 g/mol. The summed E-state index contributed by atoms with van der Waals surface area (Å²) in [5.74, 6) is 0.551. The number of anilines is 2.